The lowest BCUT2D eigenvalue weighted by atomic mass is 10.1. The van der Waals surface area contributed by atoms with Crippen LogP contribution in [0.1, 0.15) is 11.1 Å². The number of anilines is 1. The second-order valence-corrected chi connectivity index (χ2v) is 4.86. The maximum Gasteiger partial charge on any atom is 0.130 e. The second kappa shape index (κ2) is 4.43. The summed E-state index contributed by atoms with van der Waals surface area (Å²) in [6.45, 7) is 2.57. The van der Waals surface area contributed by atoms with Crippen molar-refractivity contribution in [2.45, 2.75) is 13.5 Å². The highest BCUT2D eigenvalue weighted by atomic mass is 19.1. The van der Waals surface area contributed by atoms with E-state index in [1.54, 1.807) is 12.1 Å². The Morgan fingerprint density at radius 1 is 1.11 bits per heavy atom. The van der Waals surface area contributed by atoms with Crippen molar-refractivity contribution < 1.29 is 4.39 Å². The fraction of sp³-hybridized carbons (Fsp3) is 0.125. The fourth-order valence-electron chi connectivity index (χ4n) is 2.31. The van der Waals surface area contributed by atoms with Crippen LogP contribution in [0.3, 0.4) is 0 Å². The largest absolute Gasteiger partial charge is 0.399 e. The topological polar surface area (TPSA) is 30.9 Å². The molecule has 0 aliphatic carbocycles. The van der Waals surface area contributed by atoms with Crippen molar-refractivity contribution in [2.75, 3.05) is 5.73 Å². The minimum atomic E-state index is -0.255. The molecule has 2 N–H and O–H groups in total. The van der Waals surface area contributed by atoms with E-state index in [1.807, 2.05) is 12.3 Å². The molecule has 0 aliphatic rings. The number of halogens is 1. The first-order valence-electron chi connectivity index (χ1n) is 6.23. The van der Waals surface area contributed by atoms with E-state index in [1.165, 1.54) is 17.0 Å². The van der Waals surface area contributed by atoms with Crippen molar-refractivity contribution >= 4 is 16.6 Å². The van der Waals surface area contributed by atoms with E-state index in [0.29, 0.717) is 17.8 Å². The van der Waals surface area contributed by atoms with Gasteiger partial charge in [0.25, 0.3) is 0 Å². The molecule has 0 spiro atoms. The van der Waals surface area contributed by atoms with E-state index >= 15 is 0 Å². The number of hydrogen-bond acceptors (Lipinski definition) is 1. The van der Waals surface area contributed by atoms with Crippen LogP contribution in [-0.2, 0) is 6.54 Å². The van der Waals surface area contributed by atoms with Gasteiger partial charge in [-0.15, -0.1) is 0 Å². The van der Waals surface area contributed by atoms with Gasteiger partial charge in [-0.05, 0) is 42.1 Å². The number of nitrogen functional groups attached to an aromatic ring is 1. The Hall–Kier alpha value is -2.29. The van der Waals surface area contributed by atoms with Crippen LogP contribution in [0.5, 0.6) is 0 Å². The normalized spacial score (nSPS) is 11.1. The number of fused-ring (bicyclic) bond motifs is 1. The van der Waals surface area contributed by atoms with Crippen LogP contribution in [0, 0.1) is 12.7 Å². The van der Waals surface area contributed by atoms with Crippen molar-refractivity contribution in [1.29, 1.82) is 0 Å². The number of aryl methyl sites for hydroxylation is 1. The van der Waals surface area contributed by atoms with E-state index in [-0.39, 0.29) is 5.82 Å². The molecule has 0 aliphatic heterocycles. The van der Waals surface area contributed by atoms with Crippen LogP contribution in [-0.4, -0.2) is 4.57 Å². The minimum absolute atomic E-state index is 0.255. The minimum Gasteiger partial charge on any atom is -0.399 e. The SMILES string of the molecule is Cc1ccc2ccn(Cc3ccc(N)cc3F)c2c1. The van der Waals surface area contributed by atoms with Crippen molar-refractivity contribution in [3.8, 4) is 0 Å². The Kier molecular flexibility index (Phi) is 2.75. The predicted molar refractivity (Wildman–Crippen MR) is 76.6 cm³/mol. The Balaban J connectivity index is 2.03. The van der Waals surface area contributed by atoms with Gasteiger partial charge in [-0.1, -0.05) is 18.2 Å². The third-order valence-corrected chi connectivity index (χ3v) is 3.35. The van der Waals surface area contributed by atoms with Gasteiger partial charge in [0.15, 0.2) is 0 Å². The Morgan fingerprint density at radius 3 is 2.74 bits per heavy atom. The van der Waals surface area contributed by atoms with Gasteiger partial charge < -0.3 is 10.3 Å². The maximum absolute atomic E-state index is 13.8. The van der Waals surface area contributed by atoms with E-state index in [9.17, 15) is 4.39 Å². The third-order valence-electron chi connectivity index (χ3n) is 3.35. The molecule has 19 heavy (non-hydrogen) atoms. The molecular weight excluding hydrogens is 239 g/mol. The van der Waals surface area contributed by atoms with Crippen molar-refractivity contribution in [3.05, 3.63) is 65.6 Å². The Labute approximate surface area is 111 Å². The fourth-order valence-corrected chi connectivity index (χ4v) is 2.31. The first-order chi connectivity index (χ1) is 9.13. The van der Waals surface area contributed by atoms with Crippen LogP contribution in [0.25, 0.3) is 10.9 Å². The number of benzene rings is 2. The number of rotatable bonds is 2. The van der Waals surface area contributed by atoms with Gasteiger partial charge in [0, 0.05) is 23.0 Å². The number of nitrogens with zero attached hydrogens (tertiary/aromatic N) is 1. The van der Waals surface area contributed by atoms with Crippen LogP contribution >= 0.6 is 0 Å². The quantitative estimate of drug-likeness (QED) is 0.694. The summed E-state index contributed by atoms with van der Waals surface area (Å²) in [7, 11) is 0. The average molecular weight is 254 g/mol. The molecule has 0 radical (unpaired) electrons. The van der Waals surface area contributed by atoms with Crippen molar-refractivity contribution in [1.82, 2.24) is 4.57 Å². The van der Waals surface area contributed by atoms with Crippen molar-refractivity contribution in [2.24, 2.45) is 0 Å². The Morgan fingerprint density at radius 2 is 1.95 bits per heavy atom. The molecule has 2 nitrogen and oxygen atoms in total. The Bertz CT molecular complexity index is 744. The molecular formula is C16H15FN2. The lowest BCUT2D eigenvalue weighted by molar-refractivity contribution is 0.603. The zero-order valence-electron chi connectivity index (χ0n) is 10.7. The molecule has 3 heteroatoms. The van der Waals surface area contributed by atoms with Crippen molar-refractivity contribution in [3.63, 3.8) is 0 Å². The van der Waals surface area contributed by atoms with Gasteiger partial charge >= 0.3 is 0 Å². The molecule has 3 rings (SSSR count). The van der Waals surface area contributed by atoms with Gasteiger partial charge in [-0.25, -0.2) is 4.39 Å². The average Bonchev–Trinajstić information content (AvgIpc) is 2.75. The lowest BCUT2D eigenvalue weighted by Crippen LogP contribution is -2.01. The lowest BCUT2D eigenvalue weighted by Gasteiger charge is -2.08. The molecule has 0 bridgehead atoms. The number of nitrogens with two attached hydrogens (primary N) is 1. The van der Waals surface area contributed by atoms with Crippen LogP contribution in [0.4, 0.5) is 10.1 Å². The summed E-state index contributed by atoms with van der Waals surface area (Å²) in [5.74, 6) is -0.255. The molecule has 1 heterocycles. The molecule has 3 aromatic rings. The molecule has 0 saturated carbocycles. The highest BCUT2D eigenvalue weighted by Crippen LogP contribution is 2.20. The highest BCUT2D eigenvalue weighted by Gasteiger charge is 2.06. The molecule has 2 aromatic carbocycles. The van der Waals surface area contributed by atoms with E-state index in [4.69, 9.17) is 5.73 Å². The molecule has 0 unspecified atom stereocenters. The van der Waals surface area contributed by atoms with Crippen LogP contribution in [0.15, 0.2) is 48.7 Å². The first-order valence-corrected chi connectivity index (χ1v) is 6.23. The summed E-state index contributed by atoms with van der Waals surface area (Å²) in [6, 6.07) is 13.2. The second-order valence-electron chi connectivity index (χ2n) is 4.86. The molecule has 1 aromatic heterocycles. The van der Waals surface area contributed by atoms with Crippen LogP contribution < -0.4 is 5.73 Å². The zero-order chi connectivity index (χ0) is 13.4. The molecule has 96 valence electrons. The van der Waals surface area contributed by atoms with E-state index in [0.717, 1.165) is 5.52 Å². The standard InChI is InChI=1S/C16H15FN2/c1-11-2-3-12-6-7-19(16(12)8-11)10-13-4-5-14(18)9-15(13)17/h2-9H,10,18H2,1H3. The summed E-state index contributed by atoms with van der Waals surface area (Å²) >= 11 is 0. The highest BCUT2D eigenvalue weighted by molar-refractivity contribution is 5.80. The number of hydrogen-bond donors (Lipinski definition) is 1. The molecule has 0 saturated heterocycles. The van der Waals surface area contributed by atoms with E-state index < -0.39 is 0 Å². The van der Waals surface area contributed by atoms with Gasteiger partial charge in [0.2, 0.25) is 0 Å². The van der Waals surface area contributed by atoms with Gasteiger partial charge in [-0.2, -0.15) is 0 Å². The monoisotopic (exact) mass is 254 g/mol. The smallest absolute Gasteiger partial charge is 0.130 e. The predicted octanol–water partition coefficient (Wildman–Crippen LogP) is 3.72. The van der Waals surface area contributed by atoms with Gasteiger partial charge in [0.05, 0.1) is 6.54 Å². The van der Waals surface area contributed by atoms with E-state index in [2.05, 4.69) is 29.7 Å². The summed E-state index contributed by atoms with van der Waals surface area (Å²) < 4.78 is 15.9. The van der Waals surface area contributed by atoms with Crippen LogP contribution in [0.2, 0.25) is 0 Å². The molecule has 0 fully saturated rings. The third kappa shape index (κ3) is 2.19. The summed E-state index contributed by atoms with van der Waals surface area (Å²) in [5, 5.41) is 1.17. The number of aromatic nitrogens is 1. The first kappa shape index (κ1) is 11.8. The van der Waals surface area contributed by atoms with Gasteiger partial charge in [0.1, 0.15) is 5.82 Å². The molecule has 0 amide bonds. The summed E-state index contributed by atoms with van der Waals surface area (Å²) in [4.78, 5) is 0. The zero-order valence-corrected chi connectivity index (χ0v) is 10.7. The maximum atomic E-state index is 13.8. The van der Waals surface area contributed by atoms with Gasteiger partial charge in [-0.3, -0.25) is 0 Å². The molecule has 0 atom stereocenters. The summed E-state index contributed by atoms with van der Waals surface area (Å²) in [5.41, 5.74) is 8.98. The summed E-state index contributed by atoms with van der Waals surface area (Å²) in [6.07, 6.45) is 1.99.